The lowest BCUT2D eigenvalue weighted by atomic mass is 10.0. The maximum atomic E-state index is 6.46. The molecule has 0 aliphatic carbocycles. The van der Waals surface area contributed by atoms with Crippen molar-refractivity contribution < 1.29 is 8.83 Å². The summed E-state index contributed by atoms with van der Waals surface area (Å²) in [5, 5.41) is 5.33. The molecule has 54 heavy (non-hydrogen) atoms. The molecule has 0 amide bonds. The van der Waals surface area contributed by atoms with Gasteiger partial charge in [-0.25, -0.2) is 4.98 Å². The van der Waals surface area contributed by atoms with Gasteiger partial charge in [-0.05, 0) is 77.4 Å². The van der Waals surface area contributed by atoms with Crippen LogP contribution in [0.4, 0.5) is 17.1 Å². The van der Waals surface area contributed by atoms with Crippen molar-refractivity contribution in [3.8, 4) is 32.8 Å². The predicted octanol–water partition coefficient (Wildman–Crippen LogP) is 14.6. The summed E-state index contributed by atoms with van der Waals surface area (Å²) < 4.78 is 14.0. The Balaban J connectivity index is 1.08. The molecule has 0 atom stereocenters. The zero-order chi connectivity index (χ0) is 35.6. The van der Waals surface area contributed by atoms with E-state index in [1.165, 1.54) is 5.56 Å². The van der Waals surface area contributed by atoms with Crippen LogP contribution in [0.25, 0.3) is 86.9 Å². The van der Waals surface area contributed by atoms with Crippen molar-refractivity contribution in [2.24, 2.45) is 0 Å². The lowest BCUT2D eigenvalue weighted by Crippen LogP contribution is -2.10. The lowest BCUT2D eigenvalue weighted by molar-refractivity contribution is 0.669. The van der Waals surface area contributed by atoms with E-state index in [0.29, 0.717) is 0 Å². The SMILES string of the molecule is c1ccc(-c2cccc(N(c3ccc(-c4cccc5c4oc4ccccc45)cc3)c3ccc4oc5ccc6sc(-c7ccccc7)nc6c5c4c3)c2)cc1. The summed E-state index contributed by atoms with van der Waals surface area (Å²) in [4.78, 5) is 7.51. The summed E-state index contributed by atoms with van der Waals surface area (Å²) in [6.07, 6.45) is 0. The van der Waals surface area contributed by atoms with Crippen LogP contribution >= 0.6 is 11.3 Å². The third kappa shape index (κ3) is 5.01. The van der Waals surface area contributed by atoms with Gasteiger partial charge in [0.25, 0.3) is 0 Å². The van der Waals surface area contributed by atoms with Crippen molar-refractivity contribution in [2.45, 2.75) is 0 Å². The number of hydrogen-bond acceptors (Lipinski definition) is 5. The topological polar surface area (TPSA) is 42.4 Å². The molecule has 254 valence electrons. The predicted molar refractivity (Wildman–Crippen MR) is 225 cm³/mol. The molecule has 0 bridgehead atoms. The number of rotatable bonds is 6. The van der Waals surface area contributed by atoms with Crippen molar-refractivity contribution in [1.82, 2.24) is 4.98 Å². The van der Waals surface area contributed by atoms with Crippen LogP contribution in [0.5, 0.6) is 0 Å². The molecule has 4 nitrogen and oxygen atoms in total. The Kier molecular flexibility index (Phi) is 7.00. The normalized spacial score (nSPS) is 11.7. The first-order chi connectivity index (χ1) is 26.7. The zero-order valence-electron chi connectivity index (χ0n) is 28.9. The molecule has 0 spiro atoms. The van der Waals surface area contributed by atoms with Crippen LogP contribution in [0, 0.1) is 0 Å². The molecule has 0 aliphatic rings. The Hall–Kier alpha value is -6.95. The molecule has 11 rings (SSSR count). The van der Waals surface area contributed by atoms with Crippen LogP contribution in [0.3, 0.4) is 0 Å². The fraction of sp³-hybridized carbons (Fsp3) is 0. The van der Waals surface area contributed by atoms with E-state index in [2.05, 4.69) is 169 Å². The second-order valence-electron chi connectivity index (χ2n) is 13.5. The number of aromatic nitrogens is 1. The van der Waals surface area contributed by atoms with Gasteiger partial charge in [-0.2, -0.15) is 0 Å². The van der Waals surface area contributed by atoms with Crippen molar-refractivity contribution in [2.75, 3.05) is 4.90 Å². The molecule has 8 aromatic carbocycles. The van der Waals surface area contributed by atoms with Gasteiger partial charge in [0.2, 0.25) is 0 Å². The summed E-state index contributed by atoms with van der Waals surface area (Å²) in [5.74, 6) is 0. The molecule has 11 aromatic rings. The van der Waals surface area contributed by atoms with E-state index in [-0.39, 0.29) is 0 Å². The Morgan fingerprint density at radius 2 is 1.09 bits per heavy atom. The summed E-state index contributed by atoms with van der Waals surface area (Å²) in [5.41, 5.74) is 13.2. The maximum Gasteiger partial charge on any atom is 0.143 e. The van der Waals surface area contributed by atoms with Gasteiger partial charge in [0.05, 0.1) is 15.6 Å². The van der Waals surface area contributed by atoms with Gasteiger partial charge in [-0.1, -0.05) is 121 Å². The van der Waals surface area contributed by atoms with Gasteiger partial charge in [-0.15, -0.1) is 11.3 Å². The number of benzene rings is 8. The molecule has 0 aliphatic heterocycles. The third-order valence-electron chi connectivity index (χ3n) is 10.3. The van der Waals surface area contributed by atoms with E-state index in [0.717, 1.165) is 98.4 Å². The van der Waals surface area contributed by atoms with Crippen molar-refractivity contribution >= 4 is 82.5 Å². The Morgan fingerprint density at radius 3 is 1.94 bits per heavy atom. The number of nitrogens with zero attached hydrogens (tertiary/aromatic N) is 2. The number of thiazole rings is 1. The molecule has 0 radical (unpaired) electrons. The Labute approximate surface area is 314 Å². The highest BCUT2D eigenvalue weighted by Crippen LogP contribution is 2.44. The highest BCUT2D eigenvalue weighted by atomic mass is 32.1. The Bertz CT molecular complexity index is 3160. The molecule has 3 heterocycles. The van der Waals surface area contributed by atoms with Crippen molar-refractivity contribution in [3.05, 3.63) is 182 Å². The van der Waals surface area contributed by atoms with Crippen LogP contribution < -0.4 is 4.90 Å². The molecule has 0 unspecified atom stereocenters. The van der Waals surface area contributed by atoms with E-state index < -0.39 is 0 Å². The van der Waals surface area contributed by atoms with Gasteiger partial charge >= 0.3 is 0 Å². The minimum absolute atomic E-state index is 0.835. The van der Waals surface area contributed by atoms with Gasteiger partial charge in [0.1, 0.15) is 27.3 Å². The fourth-order valence-electron chi connectivity index (χ4n) is 7.75. The van der Waals surface area contributed by atoms with Crippen LogP contribution in [0.1, 0.15) is 0 Å². The van der Waals surface area contributed by atoms with Gasteiger partial charge in [0, 0.05) is 44.3 Å². The lowest BCUT2D eigenvalue weighted by Gasteiger charge is -2.26. The van der Waals surface area contributed by atoms with E-state index >= 15 is 0 Å². The van der Waals surface area contributed by atoms with Gasteiger partial charge < -0.3 is 13.7 Å². The summed E-state index contributed by atoms with van der Waals surface area (Å²) >= 11 is 1.71. The summed E-state index contributed by atoms with van der Waals surface area (Å²) in [6, 6.07) is 63.8. The van der Waals surface area contributed by atoms with Crippen LogP contribution in [0.15, 0.2) is 191 Å². The fourth-order valence-corrected chi connectivity index (χ4v) is 8.73. The zero-order valence-corrected chi connectivity index (χ0v) is 29.8. The largest absolute Gasteiger partial charge is 0.456 e. The van der Waals surface area contributed by atoms with Gasteiger partial charge in [0.15, 0.2) is 0 Å². The average molecular weight is 711 g/mol. The minimum Gasteiger partial charge on any atom is -0.456 e. The molecule has 0 saturated carbocycles. The molecule has 0 fully saturated rings. The molecular weight excluding hydrogens is 681 g/mol. The van der Waals surface area contributed by atoms with Crippen molar-refractivity contribution in [1.29, 1.82) is 0 Å². The Morgan fingerprint density at radius 1 is 0.426 bits per heavy atom. The van der Waals surface area contributed by atoms with Crippen molar-refractivity contribution in [3.63, 3.8) is 0 Å². The van der Waals surface area contributed by atoms with E-state index in [1.807, 2.05) is 18.2 Å². The second kappa shape index (κ2) is 12.3. The molecule has 0 saturated heterocycles. The van der Waals surface area contributed by atoms with Crippen LogP contribution in [0.2, 0.25) is 0 Å². The van der Waals surface area contributed by atoms with Crippen LogP contribution in [-0.4, -0.2) is 4.98 Å². The first-order valence-corrected chi connectivity index (χ1v) is 18.8. The number of fused-ring (bicyclic) bond motifs is 8. The average Bonchev–Trinajstić information content (AvgIpc) is 3.95. The molecule has 3 aromatic heterocycles. The standard InChI is InChI=1S/C49H30N2O2S/c1-3-11-31(12-4-1)34-15-9-16-36(29-34)51(35-23-21-32(22-24-35)38-18-10-19-40-39-17-7-8-20-42(39)53-48(38)40)37-25-26-43-41(30-37)46-44(52-43)27-28-45-47(46)50-49(54-45)33-13-5-2-6-14-33/h1-30H. The minimum atomic E-state index is 0.835. The third-order valence-corrected chi connectivity index (χ3v) is 11.4. The van der Waals surface area contributed by atoms with E-state index in [9.17, 15) is 0 Å². The molecule has 5 heteroatoms. The highest BCUT2D eigenvalue weighted by molar-refractivity contribution is 7.21. The monoisotopic (exact) mass is 710 g/mol. The smallest absolute Gasteiger partial charge is 0.143 e. The maximum absolute atomic E-state index is 6.46. The van der Waals surface area contributed by atoms with Crippen LogP contribution in [-0.2, 0) is 0 Å². The number of anilines is 3. The summed E-state index contributed by atoms with van der Waals surface area (Å²) in [6.45, 7) is 0. The van der Waals surface area contributed by atoms with E-state index in [4.69, 9.17) is 13.8 Å². The number of furan rings is 2. The second-order valence-corrected chi connectivity index (χ2v) is 14.6. The summed E-state index contributed by atoms with van der Waals surface area (Å²) in [7, 11) is 0. The van der Waals surface area contributed by atoms with Gasteiger partial charge in [-0.3, -0.25) is 0 Å². The van der Waals surface area contributed by atoms with E-state index in [1.54, 1.807) is 11.3 Å². The highest BCUT2D eigenvalue weighted by Gasteiger charge is 2.20. The molecular formula is C49H30N2O2S. The first kappa shape index (κ1) is 30.7. The quantitative estimate of drug-likeness (QED) is 0.172. The first-order valence-electron chi connectivity index (χ1n) is 18.0. The molecule has 0 N–H and O–H groups in total. The number of hydrogen-bond donors (Lipinski definition) is 0. The number of para-hydroxylation sites is 2.